The predicted molar refractivity (Wildman–Crippen MR) is 105 cm³/mol. The monoisotopic (exact) mass is 379 g/mol. The number of benzene rings is 2. The number of nitrogens with zero attached hydrogens (tertiary/aromatic N) is 2. The average molecular weight is 379 g/mol. The first-order chi connectivity index (χ1) is 13.6. The maximum absolute atomic E-state index is 14.3. The van der Waals surface area contributed by atoms with Crippen molar-refractivity contribution in [2.75, 3.05) is 0 Å². The molecule has 0 unspecified atom stereocenters. The molecule has 1 fully saturated rings. The molecule has 4 nitrogen and oxygen atoms in total. The molecule has 2 heterocycles. The van der Waals surface area contributed by atoms with Gasteiger partial charge in [0.1, 0.15) is 5.82 Å². The second-order valence-corrected chi connectivity index (χ2v) is 7.47. The van der Waals surface area contributed by atoms with Gasteiger partial charge in [-0.3, -0.25) is 4.79 Å². The Labute approximate surface area is 159 Å². The second-order valence-electron chi connectivity index (χ2n) is 7.47. The van der Waals surface area contributed by atoms with Crippen LogP contribution in [0, 0.1) is 11.6 Å². The standard InChI is InChI=1S/C22H19F2N3O/c23-16-10-9-15-14(11-19(28)26-21(15)20(16)24)12-27-18-8-4-3-7-17(18)25-22(27)13-5-1-2-6-13/h3-4,7-11,13H,1-2,5-6,12H2,(H,26,28). The first-order valence-electron chi connectivity index (χ1n) is 9.57. The number of aromatic amines is 1. The molecule has 2 aromatic carbocycles. The quantitative estimate of drug-likeness (QED) is 0.553. The lowest BCUT2D eigenvalue weighted by molar-refractivity contribution is 0.515. The first kappa shape index (κ1) is 17.1. The Balaban J connectivity index is 1.71. The van der Waals surface area contributed by atoms with E-state index >= 15 is 0 Å². The number of aromatic nitrogens is 3. The lowest BCUT2D eigenvalue weighted by Crippen LogP contribution is -2.13. The molecule has 0 radical (unpaired) electrons. The van der Waals surface area contributed by atoms with Crippen LogP contribution in [0.1, 0.15) is 43.0 Å². The molecule has 0 spiro atoms. The van der Waals surface area contributed by atoms with E-state index in [4.69, 9.17) is 4.98 Å². The molecule has 5 rings (SSSR count). The highest BCUT2D eigenvalue weighted by molar-refractivity contribution is 5.83. The van der Waals surface area contributed by atoms with Gasteiger partial charge < -0.3 is 9.55 Å². The number of hydrogen-bond acceptors (Lipinski definition) is 2. The molecule has 1 saturated carbocycles. The summed E-state index contributed by atoms with van der Waals surface area (Å²) in [6, 6.07) is 12.0. The zero-order chi connectivity index (χ0) is 19.3. The molecule has 0 saturated heterocycles. The van der Waals surface area contributed by atoms with Crippen LogP contribution in [0.5, 0.6) is 0 Å². The fourth-order valence-corrected chi connectivity index (χ4v) is 4.39. The summed E-state index contributed by atoms with van der Waals surface area (Å²) >= 11 is 0. The van der Waals surface area contributed by atoms with Gasteiger partial charge in [-0.2, -0.15) is 0 Å². The summed E-state index contributed by atoms with van der Waals surface area (Å²) in [6.07, 6.45) is 4.57. The van der Waals surface area contributed by atoms with Crippen molar-refractivity contribution in [1.82, 2.24) is 14.5 Å². The third-order valence-corrected chi connectivity index (χ3v) is 5.73. The fraction of sp³-hybridized carbons (Fsp3) is 0.273. The highest BCUT2D eigenvalue weighted by Gasteiger charge is 2.24. The largest absolute Gasteiger partial charge is 0.323 e. The third-order valence-electron chi connectivity index (χ3n) is 5.73. The van der Waals surface area contributed by atoms with Crippen LogP contribution in [0.4, 0.5) is 8.78 Å². The number of halogens is 2. The Bertz CT molecular complexity index is 1250. The van der Waals surface area contributed by atoms with Crippen molar-refractivity contribution in [1.29, 1.82) is 0 Å². The Morgan fingerprint density at radius 3 is 2.71 bits per heavy atom. The molecule has 0 amide bonds. The lowest BCUT2D eigenvalue weighted by atomic mass is 10.1. The van der Waals surface area contributed by atoms with Gasteiger partial charge in [-0.05, 0) is 42.7 Å². The maximum Gasteiger partial charge on any atom is 0.248 e. The van der Waals surface area contributed by atoms with E-state index in [2.05, 4.69) is 9.55 Å². The highest BCUT2D eigenvalue weighted by Crippen LogP contribution is 2.36. The second kappa shape index (κ2) is 6.55. The first-order valence-corrected chi connectivity index (χ1v) is 9.57. The Hall–Kier alpha value is -3.02. The zero-order valence-corrected chi connectivity index (χ0v) is 15.2. The van der Waals surface area contributed by atoms with Gasteiger partial charge >= 0.3 is 0 Å². The molecule has 1 aliphatic rings. The molecule has 142 valence electrons. The van der Waals surface area contributed by atoms with Crippen molar-refractivity contribution in [3.8, 4) is 0 Å². The van der Waals surface area contributed by atoms with Crippen LogP contribution < -0.4 is 5.56 Å². The van der Waals surface area contributed by atoms with Crippen molar-refractivity contribution in [3.63, 3.8) is 0 Å². The molecule has 0 aliphatic heterocycles. The number of hydrogen-bond donors (Lipinski definition) is 1. The van der Waals surface area contributed by atoms with Crippen molar-refractivity contribution >= 4 is 21.9 Å². The Morgan fingerprint density at radius 1 is 1.11 bits per heavy atom. The van der Waals surface area contributed by atoms with Gasteiger partial charge in [0.15, 0.2) is 11.6 Å². The summed E-state index contributed by atoms with van der Waals surface area (Å²) in [4.78, 5) is 19.4. The van der Waals surface area contributed by atoms with E-state index < -0.39 is 17.2 Å². The molecule has 4 aromatic rings. The number of para-hydroxylation sites is 2. The molecule has 2 aromatic heterocycles. The number of imidazole rings is 1. The number of fused-ring (bicyclic) bond motifs is 2. The van der Waals surface area contributed by atoms with Crippen LogP contribution in [-0.4, -0.2) is 14.5 Å². The summed E-state index contributed by atoms with van der Waals surface area (Å²) in [6.45, 7) is 0.387. The SMILES string of the molecule is O=c1cc(Cn2c(C3CCCC3)nc3ccccc32)c2ccc(F)c(F)c2[nH]1. The number of nitrogens with one attached hydrogen (secondary N) is 1. The van der Waals surface area contributed by atoms with E-state index in [0.29, 0.717) is 23.4 Å². The number of pyridine rings is 1. The highest BCUT2D eigenvalue weighted by atomic mass is 19.2. The van der Waals surface area contributed by atoms with E-state index in [1.165, 1.54) is 25.0 Å². The molecule has 1 aliphatic carbocycles. The predicted octanol–water partition coefficient (Wildman–Crippen LogP) is 4.86. The summed E-state index contributed by atoms with van der Waals surface area (Å²) in [5.41, 5.74) is 2.02. The van der Waals surface area contributed by atoms with Gasteiger partial charge in [0.25, 0.3) is 0 Å². The van der Waals surface area contributed by atoms with Crippen LogP contribution in [0.15, 0.2) is 47.3 Å². The van der Waals surface area contributed by atoms with Gasteiger partial charge in [-0.25, -0.2) is 13.8 Å². The fourth-order valence-electron chi connectivity index (χ4n) is 4.39. The summed E-state index contributed by atoms with van der Waals surface area (Å²) < 4.78 is 30.0. The molecule has 0 bridgehead atoms. The minimum Gasteiger partial charge on any atom is -0.323 e. The van der Waals surface area contributed by atoms with Gasteiger partial charge in [-0.1, -0.05) is 25.0 Å². The minimum atomic E-state index is -1.03. The van der Waals surface area contributed by atoms with E-state index in [1.54, 1.807) is 0 Å². The zero-order valence-electron chi connectivity index (χ0n) is 15.2. The summed E-state index contributed by atoms with van der Waals surface area (Å²) in [5.74, 6) is -0.604. The molecule has 0 atom stereocenters. The van der Waals surface area contributed by atoms with Crippen LogP contribution in [0.2, 0.25) is 0 Å². The lowest BCUT2D eigenvalue weighted by Gasteiger charge is -2.15. The molecular formula is C22H19F2N3O. The van der Waals surface area contributed by atoms with E-state index in [9.17, 15) is 13.6 Å². The normalized spacial score (nSPS) is 15.1. The Kier molecular flexibility index (Phi) is 4.00. The van der Waals surface area contributed by atoms with Gasteiger partial charge in [0, 0.05) is 17.4 Å². The minimum absolute atomic E-state index is 0.0886. The van der Waals surface area contributed by atoms with Crippen LogP contribution >= 0.6 is 0 Å². The number of H-pyrrole nitrogens is 1. The van der Waals surface area contributed by atoms with E-state index in [1.807, 2.05) is 24.3 Å². The molecule has 1 N–H and O–H groups in total. The van der Waals surface area contributed by atoms with Crippen LogP contribution in [0.3, 0.4) is 0 Å². The Morgan fingerprint density at radius 2 is 1.89 bits per heavy atom. The van der Waals surface area contributed by atoms with Crippen molar-refractivity contribution in [3.05, 3.63) is 75.8 Å². The van der Waals surface area contributed by atoms with Crippen molar-refractivity contribution in [2.24, 2.45) is 0 Å². The van der Waals surface area contributed by atoms with Gasteiger partial charge in [-0.15, -0.1) is 0 Å². The maximum atomic E-state index is 14.3. The van der Waals surface area contributed by atoms with Gasteiger partial charge in [0.2, 0.25) is 5.56 Å². The average Bonchev–Trinajstić information content (AvgIpc) is 3.33. The summed E-state index contributed by atoms with van der Waals surface area (Å²) in [5, 5.41) is 0.508. The topological polar surface area (TPSA) is 50.7 Å². The van der Waals surface area contributed by atoms with Gasteiger partial charge in [0.05, 0.1) is 23.1 Å². The van der Waals surface area contributed by atoms with E-state index in [-0.39, 0.29) is 5.52 Å². The third kappa shape index (κ3) is 2.71. The van der Waals surface area contributed by atoms with Crippen molar-refractivity contribution < 1.29 is 8.78 Å². The molecular weight excluding hydrogens is 360 g/mol. The van der Waals surface area contributed by atoms with E-state index in [0.717, 1.165) is 35.8 Å². The van der Waals surface area contributed by atoms with Crippen molar-refractivity contribution in [2.45, 2.75) is 38.1 Å². The molecule has 28 heavy (non-hydrogen) atoms. The molecule has 6 heteroatoms. The summed E-state index contributed by atoms with van der Waals surface area (Å²) in [7, 11) is 0. The van der Waals surface area contributed by atoms with Crippen LogP contribution in [-0.2, 0) is 6.54 Å². The van der Waals surface area contributed by atoms with Crippen LogP contribution in [0.25, 0.3) is 21.9 Å². The number of rotatable bonds is 3. The smallest absolute Gasteiger partial charge is 0.248 e.